The summed E-state index contributed by atoms with van der Waals surface area (Å²) < 4.78 is 120. The summed E-state index contributed by atoms with van der Waals surface area (Å²) in [6.07, 6.45) is -18.8. The Bertz CT molecular complexity index is 941. The Balaban J connectivity index is 1.60. The zero-order chi connectivity index (χ0) is 28.4. The summed E-state index contributed by atoms with van der Waals surface area (Å²) in [4.78, 5) is 15.0. The van der Waals surface area contributed by atoms with E-state index in [1.807, 2.05) is 6.92 Å². The van der Waals surface area contributed by atoms with Crippen LogP contribution in [0.3, 0.4) is 0 Å². The molecule has 2 aliphatic rings. The number of unbranched alkanes of at least 4 members (excludes halogenated alkanes) is 1. The molecule has 216 valence electrons. The largest absolute Gasteiger partial charge is 0.434 e. The zero-order valence-electron chi connectivity index (χ0n) is 20.7. The molecule has 5 nitrogen and oxygen atoms in total. The third-order valence-corrected chi connectivity index (χ3v) is 7.09. The minimum atomic E-state index is -5.78. The van der Waals surface area contributed by atoms with E-state index in [2.05, 4.69) is 15.0 Å². The van der Waals surface area contributed by atoms with Gasteiger partial charge in [0.2, 0.25) is 0 Å². The first kappa shape index (κ1) is 30.2. The molecule has 0 bridgehead atoms. The molecule has 1 N–H and O–H groups in total. The van der Waals surface area contributed by atoms with Gasteiger partial charge in [0, 0.05) is 38.4 Å². The van der Waals surface area contributed by atoms with Crippen LogP contribution in [-0.2, 0) is 17.5 Å². The lowest BCUT2D eigenvalue weighted by molar-refractivity contribution is -0.308. The van der Waals surface area contributed by atoms with Crippen LogP contribution in [0.25, 0.3) is 0 Å². The van der Waals surface area contributed by atoms with E-state index in [4.69, 9.17) is 0 Å². The van der Waals surface area contributed by atoms with Crippen LogP contribution < -0.4 is 5.32 Å². The molecule has 14 heteroatoms. The van der Waals surface area contributed by atoms with Crippen molar-refractivity contribution in [3.63, 3.8) is 0 Å². The molecule has 0 radical (unpaired) electrons. The van der Waals surface area contributed by atoms with Crippen molar-refractivity contribution in [2.45, 2.75) is 70.2 Å². The topological polar surface area (TPSA) is 44.8 Å². The number of amides is 1. The third-order valence-electron chi connectivity index (χ3n) is 7.09. The van der Waals surface area contributed by atoms with Crippen LogP contribution in [0.5, 0.6) is 0 Å². The zero-order valence-corrected chi connectivity index (χ0v) is 20.7. The molecule has 0 aromatic heterocycles. The Morgan fingerprint density at radius 1 is 1.00 bits per heavy atom. The highest BCUT2D eigenvalue weighted by Crippen LogP contribution is 2.42. The molecule has 1 aromatic carbocycles. The van der Waals surface area contributed by atoms with Crippen LogP contribution in [0.4, 0.5) is 50.0 Å². The van der Waals surface area contributed by atoms with Gasteiger partial charge in [-0.15, -0.1) is 0 Å². The number of halogens is 9. The van der Waals surface area contributed by atoms with E-state index >= 15 is 0 Å². The number of piperidine rings is 1. The number of likely N-dealkylation sites (tertiary alicyclic amines) is 2. The molecule has 2 fully saturated rings. The molecule has 0 aliphatic carbocycles. The molecule has 1 amide bonds. The molecule has 2 saturated heterocycles. The van der Waals surface area contributed by atoms with Gasteiger partial charge in [-0.05, 0) is 55.3 Å². The van der Waals surface area contributed by atoms with Crippen LogP contribution in [0.2, 0.25) is 0 Å². The summed E-state index contributed by atoms with van der Waals surface area (Å²) in [5.74, 6) is 0. The van der Waals surface area contributed by atoms with Gasteiger partial charge in [0.15, 0.2) is 0 Å². The van der Waals surface area contributed by atoms with Gasteiger partial charge in [-0.25, -0.2) is 4.79 Å². The van der Waals surface area contributed by atoms with E-state index in [0.29, 0.717) is 56.7 Å². The number of carbonyl (C=O) groups is 1. The highest BCUT2D eigenvalue weighted by molar-refractivity contribution is 5.68. The third kappa shape index (κ3) is 7.60. The molecule has 0 atom stereocenters. The molecule has 2 aliphatic heterocycles. The standard InChI is InChI=1S/C24H30F9N3O2/c1-2-3-9-34-18-13-17(22(25,26)27)5-4-16(18)14-35-10-6-21(15-35)7-11-36(12-8-21)20(37)38-19(23(28,29)30)24(31,32)33/h4-5,13,19,34H,2-3,6-12,14-15H2,1H3. The number of nitrogens with zero attached hydrogens (tertiary/aromatic N) is 2. The summed E-state index contributed by atoms with van der Waals surface area (Å²) in [6.45, 7) is 3.90. The van der Waals surface area contributed by atoms with Gasteiger partial charge in [-0.3, -0.25) is 4.90 Å². The fourth-order valence-corrected chi connectivity index (χ4v) is 4.92. The lowest BCUT2D eigenvalue weighted by atomic mass is 9.78. The van der Waals surface area contributed by atoms with Crippen LogP contribution in [0, 0.1) is 5.41 Å². The fraction of sp³-hybridized carbons (Fsp3) is 0.708. The monoisotopic (exact) mass is 563 g/mol. The molecule has 38 heavy (non-hydrogen) atoms. The van der Waals surface area contributed by atoms with Crippen LogP contribution in [-0.4, -0.2) is 67.1 Å². The first-order valence-electron chi connectivity index (χ1n) is 12.3. The van der Waals surface area contributed by atoms with Crippen LogP contribution in [0.1, 0.15) is 50.2 Å². The van der Waals surface area contributed by atoms with Gasteiger partial charge in [0.05, 0.1) is 5.56 Å². The maximum absolute atomic E-state index is 13.2. The number of benzene rings is 1. The number of hydrogen-bond donors (Lipinski definition) is 1. The number of alkyl halides is 9. The van der Waals surface area contributed by atoms with Gasteiger partial charge in [-0.1, -0.05) is 19.4 Å². The van der Waals surface area contributed by atoms with Gasteiger partial charge in [-0.2, -0.15) is 39.5 Å². The minimum Gasteiger partial charge on any atom is -0.426 e. The van der Waals surface area contributed by atoms with E-state index in [9.17, 15) is 44.3 Å². The van der Waals surface area contributed by atoms with Crippen LogP contribution >= 0.6 is 0 Å². The maximum Gasteiger partial charge on any atom is 0.434 e. The number of nitrogens with one attached hydrogen (secondary N) is 1. The fourth-order valence-electron chi connectivity index (χ4n) is 4.92. The van der Waals surface area contributed by atoms with Crippen LogP contribution in [0.15, 0.2) is 18.2 Å². The smallest absolute Gasteiger partial charge is 0.426 e. The second-order valence-corrected chi connectivity index (χ2v) is 9.94. The quantitative estimate of drug-likeness (QED) is 0.292. The maximum atomic E-state index is 13.2. The Kier molecular flexibility index (Phi) is 9.04. The van der Waals surface area contributed by atoms with Crippen molar-refractivity contribution in [2.75, 3.05) is 38.0 Å². The average Bonchev–Trinajstić information content (AvgIpc) is 3.18. The molecule has 3 rings (SSSR count). The molecule has 2 heterocycles. The Labute approximate surface area is 214 Å². The normalized spacial score (nSPS) is 18.9. The lowest BCUT2D eigenvalue weighted by Gasteiger charge is -2.39. The molecule has 0 saturated carbocycles. The van der Waals surface area contributed by atoms with E-state index in [1.54, 1.807) is 0 Å². The number of anilines is 1. The van der Waals surface area contributed by atoms with E-state index < -0.39 is 36.3 Å². The number of ether oxygens (including phenoxy) is 1. The predicted octanol–water partition coefficient (Wildman–Crippen LogP) is 6.84. The molecular formula is C24H30F9N3O2. The highest BCUT2D eigenvalue weighted by Gasteiger charge is 2.60. The van der Waals surface area contributed by atoms with E-state index in [0.717, 1.165) is 29.9 Å². The number of rotatable bonds is 7. The second kappa shape index (κ2) is 11.4. The van der Waals surface area contributed by atoms with Crippen molar-refractivity contribution < 1.29 is 49.0 Å². The van der Waals surface area contributed by atoms with Crippen molar-refractivity contribution in [1.82, 2.24) is 9.80 Å². The average molecular weight is 564 g/mol. The highest BCUT2D eigenvalue weighted by atomic mass is 19.4. The van der Waals surface area contributed by atoms with Crippen molar-refractivity contribution in [2.24, 2.45) is 5.41 Å². The summed E-state index contributed by atoms with van der Waals surface area (Å²) >= 11 is 0. The number of carbonyl (C=O) groups excluding carboxylic acids is 1. The van der Waals surface area contributed by atoms with Gasteiger partial charge in [0.1, 0.15) is 0 Å². The first-order valence-corrected chi connectivity index (χ1v) is 12.3. The van der Waals surface area contributed by atoms with E-state index in [-0.39, 0.29) is 18.5 Å². The lowest BCUT2D eigenvalue weighted by Crippen LogP contribution is -2.50. The van der Waals surface area contributed by atoms with Crippen molar-refractivity contribution in [3.8, 4) is 0 Å². The summed E-state index contributed by atoms with van der Waals surface area (Å²) in [6, 6.07) is 3.57. The second-order valence-electron chi connectivity index (χ2n) is 9.94. The molecule has 1 spiro atoms. The van der Waals surface area contributed by atoms with Crippen molar-refractivity contribution in [1.29, 1.82) is 0 Å². The predicted molar refractivity (Wildman–Crippen MR) is 120 cm³/mol. The van der Waals surface area contributed by atoms with Crippen molar-refractivity contribution >= 4 is 11.8 Å². The summed E-state index contributed by atoms with van der Waals surface area (Å²) in [7, 11) is 0. The van der Waals surface area contributed by atoms with Gasteiger partial charge in [0.25, 0.3) is 6.10 Å². The molecule has 1 aromatic rings. The van der Waals surface area contributed by atoms with Gasteiger partial charge < -0.3 is 15.0 Å². The Morgan fingerprint density at radius 2 is 1.61 bits per heavy atom. The molecular weight excluding hydrogens is 533 g/mol. The van der Waals surface area contributed by atoms with Crippen molar-refractivity contribution in [3.05, 3.63) is 29.3 Å². The Hall–Kier alpha value is -2.38. The first-order chi connectivity index (χ1) is 17.5. The Morgan fingerprint density at radius 3 is 2.16 bits per heavy atom. The number of hydrogen-bond acceptors (Lipinski definition) is 4. The minimum absolute atomic E-state index is 0.0563. The summed E-state index contributed by atoms with van der Waals surface area (Å²) in [5.41, 5.74) is 0.0373. The molecule has 0 unspecified atom stereocenters. The van der Waals surface area contributed by atoms with E-state index in [1.165, 1.54) is 6.07 Å². The SMILES string of the molecule is CCCCNc1cc(C(F)(F)F)ccc1CN1CCC2(CCN(C(=O)OC(C(F)(F)F)C(F)(F)F)CC2)C1. The summed E-state index contributed by atoms with van der Waals surface area (Å²) in [5, 5.41) is 3.08. The van der Waals surface area contributed by atoms with Gasteiger partial charge >= 0.3 is 24.6 Å².